The third-order valence-electron chi connectivity index (χ3n) is 3.59. The molecule has 0 radical (unpaired) electrons. The number of aliphatic carboxylic acids is 1. The zero-order chi connectivity index (χ0) is 15.0. The molecule has 1 rings (SSSR count). The smallest absolute Gasteiger partial charge is 0.326 e. The molecule has 20 heavy (non-hydrogen) atoms. The van der Waals surface area contributed by atoms with Gasteiger partial charge in [0.15, 0.2) is 0 Å². The van der Waals surface area contributed by atoms with E-state index in [4.69, 9.17) is 9.84 Å². The molecular weight excluding hydrogens is 280 g/mol. The second kappa shape index (κ2) is 8.36. The number of hydrogen-bond acceptors (Lipinski definition) is 4. The summed E-state index contributed by atoms with van der Waals surface area (Å²) in [4.78, 5) is 22.8. The molecule has 7 heteroatoms. The number of carboxylic acid groups (broad SMARTS) is 1. The second-order valence-corrected chi connectivity index (χ2v) is 6.41. The fourth-order valence-corrected chi connectivity index (χ4v) is 2.51. The lowest BCUT2D eigenvalue weighted by atomic mass is 9.82. The van der Waals surface area contributed by atoms with E-state index in [0.717, 1.165) is 12.8 Å². The Morgan fingerprint density at radius 1 is 1.40 bits per heavy atom. The number of thioether (sulfide) groups is 1. The monoisotopic (exact) mass is 304 g/mol. The number of carboxylic acids is 1. The summed E-state index contributed by atoms with van der Waals surface area (Å²) < 4.78 is 5.30. The van der Waals surface area contributed by atoms with Crippen LogP contribution < -0.4 is 10.6 Å². The van der Waals surface area contributed by atoms with Gasteiger partial charge in [0.05, 0.1) is 0 Å². The lowest BCUT2D eigenvalue weighted by Crippen LogP contribution is -2.49. The van der Waals surface area contributed by atoms with Crippen molar-refractivity contribution in [2.45, 2.75) is 32.2 Å². The standard InChI is InChI=1S/C13H24N2O4S/c1-13(4-6-19-7-5-13)9-14-12(18)15-10(11(16)17)3-8-20-2/h10H,3-9H2,1-2H3,(H,16,17)(H2,14,15,18)/t10-/m1/s1. The Hall–Kier alpha value is -0.950. The van der Waals surface area contributed by atoms with E-state index < -0.39 is 18.0 Å². The van der Waals surface area contributed by atoms with Crippen LogP contribution >= 0.6 is 11.8 Å². The topological polar surface area (TPSA) is 87.7 Å². The van der Waals surface area contributed by atoms with Crippen molar-refractivity contribution in [2.75, 3.05) is 31.8 Å². The second-order valence-electron chi connectivity index (χ2n) is 5.42. The van der Waals surface area contributed by atoms with E-state index in [1.54, 1.807) is 11.8 Å². The predicted octanol–water partition coefficient (Wildman–Crippen LogP) is 1.31. The maximum atomic E-state index is 11.8. The molecule has 0 aromatic rings. The normalized spacial score (nSPS) is 19.1. The fraction of sp³-hybridized carbons (Fsp3) is 0.846. The van der Waals surface area contributed by atoms with Crippen LogP contribution in [0.3, 0.4) is 0 Å². The first-order valence-electron chi connectivity index (χ1n) is 6.81. The molecule has 1 saturated heterocycles. The average Bonchev–Trinajstić information content (AvgIpc) is 2.42. The molecular formula is C13H24N2O4S. The number of amides is 2. The Labute approximate surface area is 124 Å². The summed E-state index contributed by atoms with van der Waals surface area (Å²) in [7, 11) is 0. The molecule has 116 valence electrons. The molecule has 6 nitrogen and oxygen atoms in total. The van der Waals surface area contributed by atoms with E-state index in [0.29, 0.717) is 31.9 Å². The Bertz CT molecular complexity index is 332. The molecule has 1 heterocycles. The highest BCUT2D eigenvalue weighted by Crippen LogP contribution is 2.28. The summed E-state index contributed by atoms with van der Waals surface area (Å²) in [5.74, 6) is -0.293. The lowest BCUT2D eigenvalue weighted by molar-refractivity contribution is -0.139. The molecule has 0 aromatic carbocycles. The van der Waals surface area contributed by atoms with Crippen LogP contribution in [0.2, 0.25) is 0 Å². The number of hydrogen-bond donors (Lipinski definition) is 3. The minimum absolute atomic E-state index is 0.0353. The third kappa shape index (κ3) is 6.00. The van der Waals surface area contributed by atoms with E-state index in [2.05, 4.69) is 17.6 Å². The van der Waals surface area contributed by atoms with Crippen LogP contribution in [-0.4, -0.2) is 54.9 Å². The Morgan fingerprint density at radius 3 is 2.60 bits per heavy atom. The maximum absolute atomic E-state index is 11.8. The summed E-state index contributed by atoms with van der Waals surface area (Å²) in [6.07, 6.45) is 4.14. The molecule has 0 aliphatic carbocycles. The van der Waals surface area contributed by atoms with Gasteiger partial charge in [-0.3, -0.25) is 0 Å². The number of ether oxygens (including phenoxy) is 1. The number of carbonyl (C=O) groups excluding carboxylic acids is 1. The van der Waals surface area contributed by atoms with Gasteiger partial charge >= 0.3 is 12.0 Å². The summed E-state index contributed by atoms with van der Waals surface area (Å²) in [6, 6.07) is -1.24. The molecule has 3 N–H and O–H groups in total. The number of urea groups is 1. The van der Waals surface area contributed by atoms with Crippen molar-refractivity contribution in [2.24, 2.45) is 5.41 Å². The van der Waals surface area contributed by atoms with Gasteiger partial charge in [-0.2, -0.15) is 11.8 Å². The van der Waals surface area contributed by atoms with Crippen LogP contribution in [0.5, 0.6) is 0 Å². The molecule has 0 bridgehead atoms. The number of rotatable bonds is 7. The zero-order valence-electron chi connectivity index (χ0n) is 12.1. The van der Waals surface area contributed by atoms with Gasteiger partial charge in [0.1, 0.15) is 6.04 Å². The fourth-order valence-electron chi connectivity index (χ4n) is 2.04. The number of carbonyl (C=O) groups is 2. The Morgan fingerprint density at radius 2 is 2.05 bits per heavy atom. The van der Waals surface area contributed by atoms with Gasteiger partial charge < -0.3 is 20.5 Å². The van der Waals surface area contributed by atoms with E-state index in [1.807, 2.05) is 6.26 Å². The van der Waals surface area contributed by atoms with Gasteiger partial charge in [-0.05, 0) is 36.7 Å². The zero-order valence-corrected chi connectivity index (χ0v) is 12.9. The van der Waals surface area contributed by atoms with Gasteiger partial charge in [0.2, 0.25) is 0 Å². The predicted molar refractivity (Wildman–Crippen MR) is 79.1 cm³/mol. The van der Waals surface area contributed by atoms with Crippen molar-refractivity contribution in [1.82, 2.24) is 10.6 Å². The van der Waals surface area contributed by atoms with Gasteiger partial charge in [-0.25, -0.2) is 9.59 Å². The highest BCUT2D eigenvalue weighted by Gasteiger charge is 2.28. The molecule has 1 aliphatic rings. The first-order chi connectivity index (χ1) is 9.47. The van der Waals surface area contributed by atoms with Crippen LogP contribution in [0.25, 0.3) is 0 Å². The van der Waals surface area contributed by atoms with Crippen molar-refractivity contribution in [3.05, 3.63) is 0 Å². The molecule has 0 spiro atoms. The summed E-state index contributed by atoms with van der Waals surface area (Å²) in [6.45, 7) is 4.08. The SMILES string of the molecule is CSCC[C@@H](NC(=O)NCC1(C)CCOCC1)C(=O)O. The summed E-state index contributed by atoms with van der Waals surface area (Å²) in [5, 5.41) is 14.3. The van der Waals surface area contributed by atoms with Crippen molar-refractivity contribution in [1.29, 1.82) is 0 Å². The van der Waals surface area contributed by atoms with Crippen molar-refractivity contribution in [3.8, 4) is 0 Å². The van der Waals surface area contributed by atoms with E-state index in [9.17, 15) is 9.59 Å². The largest absolute Gasteiger partial charge is 0.480 e. The third-order valence-corrected chi connectivity index (χ3v) is 4.23. The van der Waals surface area contributed by atoms with Gasteiger partial charge in [0.25, 0.3) is 0 Å². The molecule has 0 saturated carbocycles. The Kier molecular flexibility index (Phi) is 7.15. The van der Waals surface area contributed by atoms with Crippen LogP contribution in [0.15, 0.2) is 0 Å². The van der Waals surface area contributed by atoms with Crippen LogP contribution in [0.4, 0.5) is 4.79 Å². The first-order valence-corrected chi connectivity index (χ1v) is 8.20. The molecule has 1 aliphatic heterocycles. The first kappa shape index (κ1) is 17.1. The minimum atomic E-state index is -0.994. The van der Waals surface area contributed by atoms with Crippen LogP contribution in [-0.2, 0) is 9.53 Å². The minimum Gasteiger partial charge on any atom is -0.480 e. The van der Waals surface area contributed by atoms with Crippen molar-refractivity contribution < 1.29 is 19.4 Å². The Balaban J connectivity index is 2.35. The summed E-state index contributed by atoms with van der Waals surface area (Å²) in [5.41, 5.74) is 0.0353. The van der Waals surface area contributed by atoms with E-state index >= 15 is 0 Å². The average molecular weight is 304 g/mol. The van der Waals surface area contributed by atoms with Crippen LogP contribution in [0, 0.1) is 5.41 Å². The summed E-state index contributed by atoms with van der Waals surface area (Å²) >= 11 is 1.56. The van der Waals surface area contributed by atoms with Crippen molar-refractivity contribution in [3.63, 3.8) is 0 Å². The lowest BCUT2D eigenvalue weighted by Gasteiger charge is -2.33. The van der Waals surface area contributed by atoms with Gasteiger partial charge in [0, 0.05) is 19.8 Å². The highest BCUT2D eigenvalue weighted by atomic mass is 32.2. The molecule has 0 unspecified atom stereocenters. The quantitative estimate of drug-likeness (QED) is 0.660. The molecule has 0 aromatic heterocycles. The highest BCUT2D eigenvalue weighted by molar-refractivity contribution is 7.98. The molecule has 1 atom stereocenters. The molecule has 1 fully saturated rings. The van der Waals surface area contributed by atoms with Gasteiger partial charge in [-0.1, -0.05) is 6.92 Å². The molecule has 2 amide bonds. The van der Waals surface area contributed by atoms with E-state index in [-0.39, 0.29) is 5.41 Å². The maximum Gasteiger partial charge on any atom is 0.326 e. The van der Waals surface area contributed by atoms with E-state index in [1.165, 1.54) is 0 Å². The van der Waals surface area contributed by atoms with Crippen molar-refractivity contribution >= 4 is 23.8 Å². The van der Waals surface area contributed by atoms with Gasteiger partial charge in [-0.15, -0.1) is 0 Å². The van der Waals surface area contributed by atoms with Crippen LogP contribution in [0.1, 0.15) is 26.2 Å². The number of nitrogens with one attached hydrogen (secondary N) is 2.